The molecule has 2 aromatic carbocycles. The van der Waals surface area contributed by atoms with E-state index in [0.717, 1.165) is 6.41 Å². The van der Waals surface area contributed by atoms with Crippen LogP contribution in [0.15, 0.2) is 53.4 Å². The molecular weight excluding hydrogens is 745 g/mol. The van der Waals surface area contributed by atoms with Crippen LogP contribution in [0.1, 0.15) is 38.7 Å². The van der Waals surface area contributed by atoms with E-state index in [2.05, 4.69) is 5.32 Å². The molecule has 0 radical (unpaired) electrons. The summed E-state index contributed by atoms with van der Waals surface area (Å²) in [5, 5.41) is 14.6. The second kappa shape index (κ2) is 19.5. The minimum absolute atomic E-state index is 0.0214. The molecule has 5 rings (SSSR count). The number of hydrogen-bond donors (Lipinski definition) is 2. The van der Waals surface area contributed by atoms with E-state index >= 15 is 0 Å². The zero-order chi connectivity index (χ0) is 38.7. The number of methoxy groups -OCH3 is 1. The Labute approximate surface area is 316 Å². The number of ether oxygens (including phenoxy) is 5. The summed E-state index contributed by atoms with van der Waals surface area (Å²) in [6.07, 6.45) is -0.690. The van der Waals surface area contributed by atoms with E-state index in [4.69, 9.17) is 32.7 Å². The largest absolute Gasteiger partial charge is 0.497 e. The number of benzene rings is 2. The summed E-state index contributed by atoms with van der Waals surface area (Å²) in [5.74, 6) is 0.703. The summed E-state index contributed by atoms with van der Waals surface area (Å²) in [6.45, 7) is 5.23. The first-order chi connectivity index (χ1) is 26.0. The van der Waals surface area contributed by atoms with Crippen molar-refractivity contribution in [2.45, 2.75) is 69.0 Å². The number of amides is 2. The number of alkyl carbamates (subject to hydrolysis) is 1. The van der Waals surface area contributed by atoms with Crippen molar-refractivity contribution in [2.24, 2.45) is 11.8 Å². The van der Waals surface area contributed by atoms with Crippen LogP contribution in [0, 0.1) is 11.8 Å². The van der Waals surface area contributed by atoms with Gasteiger partial charge in [-0.25, -0.2) is 13.2 Å². The number of likely N-dealkylation sites (tertiary alicyclic amines) is 1. The van der Waals surface area contributed by atoms with Gasteiger partial charge in [0.15, 0.2) is 12.6 Å². The molecule has 0 aliphatic carbocycles. The second-order valence-corrected chi connectivity index (χ2v) is 17.4. The van der Waals surface area contributed by atoms with Crippen molar-refractivity contribution in [2.75, 3.05) is 66.1 Å². The highest BCUT2D eigenvalue weighted by Crippen LogP contribution is 2.48. The molecule has 1 unspecified atom stereocenters. The van der Waals surface area contributed by atoms with Gasteiger partial charge >= 0.3 is 13.7 Å². The third-order valence-corrected chi connectivity index (χ3v) is 13.4. The van der Waals surface area contributed by atoms with E-state index in [1.165, 1.54) is 23.5 Å². The fraction of sp³-hybridized carbons (Fsp3) is 0.611. The minimum Gasteiger partial charge on any atom is -0.497 e. The Morgan fingerprint density at radius 3 is 2.33 bits per heavy atom. The van der Waals surface area contributed by atoms with Gasteiger partial charge in [-0.3, -0.25) is 9.36 Å². The van der Waals surface area contributed by atoms with Crippen LogP contribution in [-0.2, 0) is 49.1 Å². The van der Waals surface area contributed by atoms with Crippen LogP contribution in [0.2, 0.25) is 0 Å². The van der Waals surface area contributed by atoms with Crippen molar-refractivity contribution in [1.29, 1.82) is 0 Å². The molecule has 3 aliphatic rings. The Kier molecular flexibility index (Phi) is 15.2. The highest BCUT2D eigenvalue weighted by atomic mass is 32.2. The Balaban J connectivity index is 1.35. The molecule has 5 atom stereocenters. The number of carbonyl (C=O) groups is 2. The SMILES string of the molecule is CCOP(=O)(COc1ccc(C[C@H](NC(=O)OC2CO[C@H]3OCC[C@@H]23)[C@H](O)CN(CC2CCN(C=O)CC2)S(=O)(=O)c2ccc(OC)cc2)cc1)OCC. The zero-order valence-electron chi connectivity index (χ0n) is 30.9. The van der Waals surface area contributed by atoms with Gasteiger partial charge in [0.25, 0.3) is 0 Å². The summed E-state index contributed by atoms with van der Waals surface area (Å²) < 4.78 is 80.9. The molecule has 300 valence electrons. The number of hydrogen-bond acceptors (Lipinski definition) is 13. The van der Waals surface area contributed by atoms with Gasteiger partial charge in [-0.2, -0.15) is 4.31 Å². The molecule has 0 spiro atoms. The molecule has 16 nitrogen and oxygen atoms in total. The van der Waals surface area contributed by atoms with Gasteiger partial charge in [-0.1, -0.05) is 12.1 Å². The quantitative estimate of drug-likeness (QED) is 0.146. The van der Waals surface area contributed by atoms with Crippen molar-refractivity contribution in [3.63, 3.8) is 0 Å². The molecule has 0 aromatic heterocycles. The van der Waals surface area contributed by atoms with Crippen LogP contribution in [0.25, 0.3) is 0 Å². The number of rotatable bonds is 20. The maximum absolute atomic E-state index is 14.2. The fourth-order valence-corrected chi connectivity index (χ4v) is 9.67. The highest BCUT2D eigenvalue weighted by molar-refractivity contribution is 7.89. The van der Waals surface area contributed by atoms with Gasteiger partial charge in [-0.15, -0.1) is 0 Å². The molecule has 0 saturated carbocycles. The van der Waals surface area contributed by atoms with Crippen molar-refractivity contribution in [3.05, 3.63) is 54.1 Å². The van der Waals surface area contributed by atoms with Gasteiger partial charge in [0.2, 0.25) is 16.4 Å². The van der Waals surface area contributed by atoms with Gasteiger partial charge in [0.1, 0.15) is 17.6 Å². The predicted molar refractivity (Wildman–Crippen MR) is 196 cm³/mol. The lowest BCUT2D eigenvalue weighted by Crippen LogP contribution is -2.52. The molecule has 3 fully saturated rings. The maximum atomic E-state index is 14.2. The lowest BCUT2D eigenvalue weighted by atomic mass is 9.96. The average Bonchev–Trinajstić information content (AvgIpc) is 3.80. The van der Waals surface area contributed by atoms with Crippen molar-refractivity contribution in [1.82, 2.24) is 14.5 Å². The van der Waals surface area contributed by atoms with Crippen molar-refractivity contribution >= 4 is 30.1 Å². The third kappa shape index (κ3) is 11.2. The molecule has 3 saturated heterocycles. The molecule has 3 aliphatic heterocycles. The number of nitrogens with zero attached hydrogens (tertiary/aromatic N) is 2. The topological polar surface area (TPSA) is 189 Å². The number of sulfonamides is 1. The number of piperidine rings is 1. The summed E-state index contributed by atoms with van der Waals surface area (Å²) in [6, 6.07) is 11.8. The maximum Gasteiger partial charge on any atom is 0.407 e. The fourth-order valence-electron chi connectivity index (χ4n) is 6.82. The molecule has 0 bridgehead atoms. The van der Waals surface area contributed by atoms with E-state index in [1.54, 1.807) is 55.1 Å². The molecule has 18 heteroatoms. The van der Waals surface area contributed by atoms with Crippen LogP contribution in [0.3, 0.4) is 0 Å². The molecular formula is C36H52N3O13PS. The number of nitrogens with one attached hydrogen (secondary N) is 1. The van der Waals surface area contributed by atoms with Crippen LogP contribution >= 0.6 is 7.60 Å². The number of fused-ring (bicyclic) bond motifs is 1. The van der Waals surface area contributed by atoms with Gasteiger partial charge in [-0.05, 0) is 87.4 Å². The Morgan fingerprint density at radius 2 is 1.70 bits per heavy atom. The average molecular weight is 798 g/mol. The van der Waals surface area contributed by atoms with Crippen LogP contribution < -0.4 is 14.8 Å². The molecule has 2 aromatic rings. The number of aliphatic hydroxyl groups excluding tert-OH is 1. The smallest absolute Gasteiger partial charge is 0.407 e. The van der Waals surface area contributed by atoms with E-state index in [1.807, 2.05) is 0 Å². The first kappa shape index (κ1) is 41.9. The van der Waals surface area contributed by atoms with Gasteiger partial charge < -0.3 is 48.1 Å². The van der Waals surface area contributed by atoms with Gasteiger partial charge in [0.05, 0.1) is 56.5 Å². The lowest BCUT2D eigenvalue weighted by Gasteiger charge is -2.35. The first-order valence-electron chi connectivity index (χ1n) is 18.3. The van der Waals surface area contributed by atoms with Crippen LogP contribution in [-0.4, -0.2) is 126 Å². The number of aliphatic hydroxyl groups is 1. The third-order valence-electron chi connectivity index (χ3n) is 9.78. The lowest BCUT2D eigenvalue weighted by molar-refractivity contribution is -0.119. The van der Waals surface area contributed by atoms with Gasteiger partial charge in [0, 0.05) is 26.2 Å². The van der Waals surface area contributed by atoms with Crippen molar-refractivity contribution < 1.29 is 60.4 Å². The summed E-state index contributed by atoms with van der Waals surface area (Å²) >= 11 is 0. The molecule has 3 heterocycles. The van der Waals surface area contributed by atoms with E-state index in [-0.39, 0.29) is 62.4 Å². The minimum atomic E-state index is -4.14. The molecule has 54 heavy (non-hydrogen) atoms. The van der Waals surface area contributed by atoms with Crippen molar-refractivity contribution in [3.8, 4) is 11.5 Å². The monoisotopic (exact) mass is 797 g/mol. The summed E-state index contributed by atoms with van der Waals surface area (Å²) in [5.41, 5.74) is 0.684. The van der Waals surface area contributed by atoms with E-state index < -0.39 is 48.3 Å². The normalized spacial score (nSPS) is 21.7. The zero-order valence-corrected chi connectivity index (χ0v) is 32.7. The summed E-state index contributed by atoms with van der Waals surface area (Å²) in [7, 11) is -6.10. The Hall–Kier alpha value is -3.28. The Morgan fingerprint density at radius 1 is 1.04 bits per heavy atom. The molecule has 2 N–H and O–H groups in total. The van der Waals surface area contributed by atoms with Crippen LogP contribution in [0.4, 0.5) is 4.79 Å². The highest BCUT2D eigenvalue weighted by Gasteiger charge is 2.44. The Bertz CT molecular complexity index is 1650. The summed E-state index contributed by atoms with van der Waals surface area (Å²) in [4.78, 5) is 26.4. The second-order valence-electron chi connectivity index (χ2n) is 13.4. The first-order valence-corrected chi connectivity index (χ1v) is 21.5. The van der Waals surface area contributed by atoms with Crippen LogP contribution in [0.5, 0.6) is 11.5 Å². The van der Waals surface area contributed by atoms with E-state index in [9.17, 15) is 27.7 Å². The predicted octanol–water partition coefficient (Wildman–Crippen LogP) is 3.62. The standard InChI is InChI=1S/C36H52N3O13PS/c1-4-50-53(43,51-5-2)25-49-29-8-6-26(7-9-29)20-32(37-36(42)52-34-23-48-35-31(34)16-19-47-35)33(41)22-39(21-27-14-17-38(24-40)18-15-27)54(44,45)30-12-10-28(46-3)11-13-30/h6-13,24,27,31-35,41H,4-5,14-23,25H2,1-3H3,(H,37,42)/t31-,32-,33+,34?,35+/m0/s1. The molecule has 2 amide bonds. The van der Waals surface area contributed by atoms with E-state index in [0.29, 0.717) is 56.0 Å². The number of carbonyl (C=O) groups excluding carboxylic acids is 2.